The molecule has 2 heterocycles. The molecule has 19 heteroatoms. The largest absolute Gasteiger partial charge is 0.480 e. The fraction of sp³-hybridized carbons (Fsp3) is 0.839. The smallest absolute Gasteiger partial charge is 0.327 e. The van der Waals surface area contributed by atoms with E-state index < -0.39 is 23.2 Å². The van der Waals surface area contributed by atoms with Crippen molar-refractivity contribution in [2.24, 2.45) is 0 Å². The van der Waals surface area contributed by atoms with Crippen molar-refractivity contribution in [2.75, 3.05) is 125 Å². The lowest BCUT2D eigenvalue weighted by atomic mass is 10.2. The van der Waals surface area contributed by atoms with Crippen molar-refractivity contribution in [1.29, 1.82) is 0 Å². The highest BCUT2D eigenvalue weighted by Gasteiger charge is 2.33. The molecule has 1 aromatic heterocycles. The van der Waals surface area contributed by atoms with Crippen LogP contribution in [0.3, 0.4) is 0 Å². The van der Waals surface area contributed by atoms with Gasteiger partial charge in [-0.15, -0.1) is 16.9 Å². The lowest BCUT2D eigenvalue weighted by Gasteiger charge is -2.25. The van der Waals surface area contributed by atoms with Crippen molar-refractivity contribution in [3.63, 3.8) is 0 Å². The van der Waals surface area contributed by atoms with Crippen LogP contribution in [0.1, 0.15) is 25.5 Å². The van der Waals surface area contributed by atoms with Crippen LogP contribution in [0.15, 0.2) is 6.20 Å². The van der Waals surface area contributed by atoms with Gasteiger partial charge in [0.15, 0.2) is 0 Å². The van der Waals surface area contributed by atoms with Crippen molar-refractivity contribution in [2.45, 2.75) is 44.1 Å². The maximum Gasteiger partial charge on any atom is 0.327 e. The van der Waals surface area contributed by atoms with Crippen LogP contribution in [0.25, 0.3) is 0 Å². The number of hydrogen-bond donors (Lipinski definition) is 3. The number of aliphatic carboxylic acids is 1. The summed E-state index contributed by atoms with van der Waals surface area (Å²) in [6.07, 6.45) is 2.67. The molecule has 0 bridgehead atoms. The van der Waals surface area contributed by atoms with Gasteiger partial charge in [-0.3, -0.25) is 9.59 Å². The summed E-state index contributed by atoms with van der Waals surface area (Å²) in [7, 11) is 0. The van der Waals surface area contributed by atoms with E-state index >= 15 is 0 Å². The Morgan fingerprint density at radius 1 is 0.780 bits per heavy atom. The monoisotopic (exact) mass is 737 g/mol. The third-order valence-corrected chi connectivity index (χ3v) is 7.89. The molecule has 2 amide bonds. The second-order valence-corrected chi connectivity index (χ2v) is 11.9. The van der Waals surface area contributed by atoms with Gasteiger partial charge in [0.05, 0.1) is 137 Å². The molecule has 0 aliphatic carbocycles. The Balaban J connectivity index is 1.27. The van der Waals surface area contributed by atoms with Gasteiger partial charge in [-0.1, -0.05) is 12.1 Å². The minimum absolute atomic E-state index is 0.0484. The zero-order chi connectivity index (χ0) is 35.9. The number of aromatic nitrogens is 3. The molecule has 1 saturated heterocycles. The topological polar surface area (TPSA) is 209 Å². The van der Waals surface area contributed by atoms with Gasteiger partial charge in [0.2, 0.25) is 11.8 Å². The minimum atomic E-state index is -1.09. The molecule has 1 aromatic rings. The van der Waals surface area contributed by atoms with Gasteiger partial charge in [0.1, 0.15) is 11.7 Å². The van der Waals surface area contributed by atoms with E-state index in [2.05, 4.69) is 27.9 Å². The molecule has 3 N–H and O–H groups in total. The Hall–Kier alpha value is -2.46. The Kier molecular flexibility index (Phi) is 26.4. The number of hydrogen-bond acceptors (Lipinski definition) is 15. The number of nitrogens with zero attached hydrogens (tertiary/aromatic N) is 3. The molecule has 2 atom stereocenters. The van der Waals surface area contributed by atoms with E-state index in [9.17, 15) is 14.4 Å². The normalized spacial score (nSPS) is 16.1. The lowest BCUT2D eigenvalue weighted by Crippen LogP contribution is -2.51. The number of thioether (sulfide) groups is 1. The standard InChI is InChI=1S/C31H55N5O13S/c1-2-4-41-6-8-43-10-12-45-14-16-47-18-20-49-21-19-48-17-15-46-13-11-44-9-7-42-5-3-36-24-26(34-35-36)23-32-29(37)22-28-30(38)33-27(25-50-28)31(39)40/h24,27-28H,2-23,25H2,1H3,(H,32,37)(H,33,38)(H,39,40). The van der Waals surface area contributed by atoms with E-state index in [0.717, 1.165) is 24.8 Å². The van der Waals surface area contributed by atoms with E-state index in [4.69, 9.17) is 47.7 Å². The zero-order valence-electron chi connectivity index (χ0n) is 29.1. The van der Waals surface area contributed by atoms with Crippen LogP contribution in [0.2, 0.25) is 0 Å². The second kappa shape index (κ2) is 30.2. The predicted molar refractivity (Wildman–Crippen MR) is 180 cm³/mol. The highest BCUT2D eigenvalue weighted by Crippen LogP contribution is 2.21. The summed E-state index contributed by atoms with van der Waals surface area (Å²) >= 11 is 1.16. The molecule has 50 heavy (non-hydrogen) atoms. The quantitative estimate of drug-likeness (QED) is 0.0764. The first-order valence-electron chi connectivity index (χ1n) is 17.0. The van der Waals surface area contributed by atoms with Crippen molar-refractivity contribution in [3.8, 4) is 0 Å². The number of carboxylic acids is 1. The van der Waals surface area contributed by atoms with Gasteiger partial charge in [0.25, 0.3) is 0 Å². The summed E-state index contributed by atoms with van der Waals surface area (Å²) in [5.74, 6) is -1.66. The van der Waals surface area contributed by atoms with Crippen LogP contribution < -0.4 is 10.6 Å². The summed E-state index contributed by atoms with van der Waals surface area (Å²) in [4.78, 5) is 35.2. The van der Waals surface area contributed by atoms with Crippen molar-refractivity contribution in [1.82, 2.24) is 25.6 Å². The SMILES string of the molecule is CCCOCCOCCOCCOCCOCCOCCOCCOCCOCCn1cc(CNC(=O)CC2SCC(C(=O)O)NC2=O)nn1. The van der Waals surface area contributed by atoms with E-state index in [1.165, 1.54) is 0 Å². The maximum absolute atomic E-state index is 12.2. The first kappa shape index (κ1) is 43.7. The average Bonchev–Trinajstić information content (AvgIpc) is 3.57. The summed E-state index contributed by atoms with van der Waals surface area (Å²) in [6, 6.07) is -0.930. The van der Waals surface area contributed by atoms with E-state index in [1.54, 1.807) is 10.9 Å². The Morgan fingerprint density at radius 3 is 1.64 bits per heavy atom. The van der Waals surface area contributed by atoms with E-state index in [1.807, 2.05) is 0 Å². The molecule has 2 rings (SSSR count). The molecule has 0 radical (unpaired) electrons. The Labute approximate surface area is 297 Å². The highest BCUT2D eigenvalue weighted by molar-refractivity contribution is 8.00. The van der Waals surface area contributed by atoms with Gasteiger partial charge in [-0.2, -0.15) is 0 Å². The van der Waals surface area contributed by atoms with Gasteiger partial charge < -0.3 is 58.4 Å². The third kappa shape index (κ3) is 23.1. The Bertz CT molecular complexity index is 1030. The minimum Gasteiger partial charge on any atom is -0.480 e. The summed E-state index contributed by atoms with van der Waals surface area (Å²) < 4.78 is 50.7. The van der Waals surface area contributed by atoms with Crippen LogP contribution in [-0.4, -0.2) is 174 Å². The average molecular weight is 738 g/mol. The van der Waals surface area contributed by atoms with Crippen molar-refractivity contribution < 1.29 is 62.1 Å². The highest BCUT2D eigenvalue weighted by atomic mass is 32.2. The van der Waals surface area contributed by atoms with Gasteiger partial charge >= 0.3 is 5.97 Å². The number of rotatable bonds is 34. The number of carbonyl (C=O) groups is 3. The molecule has 1 aliphatic heterocycles. The summed E-state index contributed by atoms with van der Waals surface area (Å²) in [5, 5.41) is 21.5. The zero-order valence-corrected chi connectivity index (χ0v) is 29.9. The van der Waals surface area contributed by atoms with Gasteiger partial charge in [-0.25, -0.2) is 9.48 Å². The number of carboxylic acid groups (broad SMARTS) is 1. The van der Waals surface area contributed by atoms with Crippen molar-refractivity contribution in [3.05, 3.63) is 11.9 Å². The van der Waals surface area contributed by atoms with E-state index in [-0.39, 0.29) is 24.6 Å². The summed E-state index contributed by atoms with van der Waals surface area (Å²) in [5.41, 5.74) is 0.563. The molecule has 0 saturated carbocycles. The second-order valence-electron chi connectivity index (χ2n) is 10.7. The predicted octanol–water partition coefficient (Wildman–Crippen LogP) is -0.471. The molecule has 288 valence electrons. The molecule has 1 aliphatic rings. The van der Waals surface area contributed by atoms with Crippen LogP contribution in [-0.2, 0) is 70.1 Å². The third-order valence-electron chi connectivity index (χ3n) is 6.58. The molecule has 1 fully saturated rings. The first-order valence-corrected chi connectivity index (χ1v) is 18.0. The number of carbonyl (C=O) groups excluding carboxylic acids is 2. The van der Waals surface area contributed by atoms with Crippen LogP contribution >= 0.6 is 11.8 Å². The molecule has 2 unspecified atom stereocenters. The number of amides is 2. The van der Waals surface area contributed by atoms with Gasteiger partial charge in [0, 0.05) is 18.8 Å². The van der Waals surface area contributed by atoms with Crippen molar-refractivity contribution >= 4 is 29.5 Å². The molecule has 0 aromatic carbocycles. The molecular weight excluding hydrogens is 682 g/mol. The van der Waals surface area contributed by atoms with Crippen LogP contribution in [0.5, 0.6) is 0 Å². The molecular formula is C31H55N5O13S. The number of nitrogens with one attached hydrogen (secondary N) is 2. The maximum atomic E-state index is 12.2. The summed E-state index contributed by atoms with van der Waals surface area (Å²) in [6.45, 7) is 11.9. The first-order chi connectivity index (χ1) is 24.5. The van der Waals surface area contributed by atoms with Crippen LogP contribution in [0.4, 0.5) is 0 Å². The Morgan fingerprint density at radius 2 is 1.22 bits per heavy atom. The fourth-order valence-electron chi connectivity index (χ4n) is 4.00. The molecule has 0 spiro atoms. The van der Waals surface area contributed by atoms with Crippen LogP contribution in [0, 0.1) is 0 Å². The number of ether oxygens (including phenoxy) is 9. The lowest BCUT2D eigenvalue weighted by molar-refractivity contribution is -0.141. The molecule has 18 nitrogen and oxygen atoms in total. The fourth-order valence-corrected chi connectivity index (χ4v) is 5.14. The van der Waals surface area contributed by atoms with Gasteiger partial charge in [-0.05, 0) is 6.42 Å². The van der Waals surface area contributed by atoms with E-state index in [0.29, 0.717) is 125 Å².